The van der Waals surface area contributed by atoms with Crippen LogP contribution in [0.15, 0.2) is 59.7 Å². The number of hydrazone groups is 1. The zero-order chi connectivity index (χ0) is 23.3. The number of benzene rings is 2. The van der Waals surface area contributed by atoms with Gasteiger partial charge in [-0.1, -0.05) is 63.2 Å². The largest absolute Gasteiger partial charge is 0.439 e. The predicted molar refractivity (Wildman–Crippen MR) is 117 cm³/mol. The molecule has 0 spiro atoms. The van der Waals surface area contributed by atoms with E-state index in [0.717, 1.165) is 11.1 Å². The van der Waals surface area contributed by atoms with Crippen molar-refractivity contribution in [2.75, 3.05) is 0 Å². The van der Waals surface area contributed by atoms with E-state index in [0.29, 0.717) is 12.8 Å². The van der Waals surface area contributed by atoms with Crippen molar-refractivity contribution in [2.45, 2.75) is 51.9 Å². The van der Waals surface area contributed by atoms with Crippen molar-refractivity contribution in [3.63, 3.8) is 0 Å². The average molecular weight is 444 g/mol. The van der Waals surface area contributed by atoms with Crippen LogP contribution in [0, 0.1) is 17.3 Å². The van der Waals surface area contributed by atoms with Crippen LogP contribution in [0.2, 0.25) is 0 Å². The Hall–Kier alpha value is -2.67. The van der Waals surface area contributed by atoms with Gasteiger partial charge in [-0.2, -0.15) is 23.3 Å². The fourth-order valence-electron chi connectivity index (χ4n) is 4.77. The van der Waals surface area contributed by atoms with Crippen LogP contribution in [0.5, 0.6) is 0 Å². The van der Waals surface area contributed by atoms with Crippen molar-refractivity contribution in [3.8, 4) is 11.1 Å². The lowest BCUT2D eigenvalue weighted by molar-refractivity contribution is -0.314. The standard InChI is InChI=1S/C25H27F3N2O2/c1-23(2,3)19-13-14-21-20(15-19)24(32,25(26,27)28)30(29-21)22(31)18-11-9-17(10-12-18)16-7-5-4-6-8-16/h4-12,19-20,32H,13-15H2,1-3H3/t19-,20-,24-/m1/s1. The Labute approximate surface area is 185 Å². The highest BCUT2D eigenvalue weighted by Gasteiger charge is 2.69. The predicted octanol–water partition coefficient (Wildman–Crippen LogP) is 5.88. The number of aliphatic hydroxyl groups is 1. The topological polar surface area (TPSA) is 52.9 Å². The van der Waals surface area contributed by atoms with E-state index in [1.165, 1.54) is 12.1 Å². The van der Waals surface area contributed by atoms with Crippen molar-refractivity contribution < 1.29 is 23.1 Å². The van der Waals surface area contributed by atoms with Gasteiger partial charge in [0.05, 0.1) is 5.92 Å². The first kappa shape index (κ1) is 22.5. The van der Waals surface area contributed by atoms with E-state index in [4.69, 9.17) is 0 Å². The molecule has 0 bridgehead atoms. The third kappa shape index (κ3) is 3.72. The highest BCUT2D eigenvalue weighted by atomic mass is 19.4. The summed E-state index contributed by atoms with van der Waals surface area (Å²) >= 11 is 0. The summed E-state index contributed by atoms with van der Waals surface area (Å²) in [6.45, 7) is 5.95. The van der Waals surface area contributed by atoms with Gasteiger partial charge in [0.2, 0.25) is 0 Å². The highest BCUT2D eigenvalue weighted by Crippen LogP contribution is 2.52. The maximum Gasteiger partial charge on any atom is 0.439 e. The van der Waals surface area contributed by atoms with Crippen LogP contribution < -0.4 is 0 Å². The zero-order valence-corrected chi connectivity index (χ0v) is 18.4. The molecule has 0 aromatic heterocycles. The smallest absolute Gasteiger partial charge is 0.362 e. The minimum Gasteiger partial charge on any atom is -0.362 e. The molecule has 3 atom stereocenters. The maximum atomic E-state index is 14.2. The van der Waals surface area contributed by atoms with Crippen molar-refractivity contribution in [1.82, 2.24) is 5.01 Å². The Morgan fingerprint density at radius 3 is 2.19 bits per heavy atom. The van der Waals surface area contributed by atoms with Crippen LogP contribution in [0.4, 0.5) is 13.2 Å². The monoisotopic (exact) mass is 444 g/mol. The summed E-state index contributed by atoms with van der Waals surface area (Å²) in [7, 11) is 0. The second kappa shape index (κ2) is 7.73. The first-order valence-electron chi connectivity index (χ1n) is 10.8. The summed E-state index contributed by atoms with van der Waals surface area (Å²) in [5.74, 6) is -2.23. The molecule has 0 saturated heterocycles. The van der Waals surface area contributed by atoms with Crippen LogP contribution in [0.25, 0.3) is 11.1 Å². The number of amides is 1. The lowest BCUT2D eigenvalue weighted by Crippen LogP contribution is -2.62. The SMILES string of the molecule is CC(C)(C)[C@@H]1CCC2=NN(C(=O)c3ccc(-c4ccccc4)cc3)[C@](O)(C(F)(F)F)[C@@H]2C1. The third-order valence-electron chi connectivity index (χ3n) is 6.78. The van der Waals surface area contributed by atoms with Crippen molar-refractivity contribution in [2.24, 2.45) is 22.4 Å². The van der Waals surface area contributed by atoms with Gasteiger partial charge in [-0.05, 0) is 53.9 Å². The molecule has 1 aliphatic heterocycles. The number of nitrogens with zero attached hydrogens (tertiary/aromatic N) is 2. The van der Waals surface area contributed by atoms with E-state index in [-0.39, 0.29) is 34.0 Å². The van der Waals surface area contributed by atoms with Gasteiger partial charge in [-0.3, -0.25) is 4.79 Å². The van der Waals surface area contributed by atoms with E-state index in [1.54, 1.807) is 12.1 Å². The van der Waals surface area contributed by atoms with Gasteiger partial charge < -0.3 is 5.11 Å². The molecule has 1 heterocycles. The molecule has 2 aromatic carbocycles. The Kier molecular flexibility index (Phi) is 5.44. The Morgan fingerprint density at radius 2 is 1.62 bits per heavy atom. The molecule has 1 amide bonds. The summed E-state index contributed by atoms with van der Waals surface area (Å²) in [4.78, 5) is 13.1. The van der Waals surface area contributed by atoms with Crippen LogP contribution in [-0.4, -0.2) is 33.6 Å². The van der Waals surface area contributed by atoms with E-state index in [9.17, 15) is 23.1 Å². The second-order valence-electron chi connectivity index (χ2n) is 9.77. The van der Waals surface area contributed by atoms with Gasteiger partial charge in [-0.25, -0.2) is 0 Å². The first-order chi connectivity index (χ1) is 14.9. The summed E-state index contributed by atoms with van der Waals surface area (Å²) in [6.07, 6.45) is -3.89. The fourth-order valence-corrected chi connectivity index (χ4v) is 4.77. The van der Waals surface area contributed by atoms with Gasteiger partial charge in [-0.15, -0.1) is 0 Å². The lowest BCUT2D eigenvalue weighted by atomic mass is 9.66. The molecular formula is C25H27F3N2O2. The molecule has 2 aliphatic rings. The summed E-state index contributed by atoms with van der Waals surface area (Å²) in [5.41, 5.74) is -1.49. The van der Waals surface area contributed by atoms with Crippen LogP contribution in [0.3, 0.4) is 0 Å². The van der Waals surface area contributed by atoms with Crippen molar-refractivity contribution >= 4 is 11.6 Å². The number of rotatable bonds is 2. The highest BCUT2D eigenvalue weighted by molar-refractivity contribution is 5.99. The molecule has 1 fully saturated rings. The zero-order valence-electron chi connectivity index (χ0n) is 18.4. The average Bonchev–Trinajstić information content (AvgIpc) is 3.07. The van der Waals surface area contributed by atoms with Gasteiger partial charge in [0.25, 0.3) is 11.6 Å². The van der Waals surface area contributed by atoms with Crippen molar-refractivity contribution in [3.05, 3.63) is 60.2 Å². The molecule has 1 saturated carbocycles. The molecule has 2 aromatic rings. The molecule has 1 N–H and O–H groups in total. The molecule has 4 nitrogen and oxygen atoms in total. The molecule has 0 radical (unpaired) electrons. The number of hydrogen-bond acceptors (Lipinski definition) is 3. The number of halogens is 3. The third-order valence-corrected chi connectivity index (χ3v) is 6.78. The molecule has 0 unspecified atom stereocenters. The fraction of sp³-hybridized carbons (Fsp3) is 0.440. The summed E-state index contributed by atoms with van der Waals surface area (Å²) in [5, 5.41) is 15.3. The van der Waals surface area contributed by atoms with E-state index in [1.807, 2.05) is 51.1 Å². The molecule has 4 rings (SSSR count). The van der Waals surface area contributed by atoms with E-state index >= 15 is 0 Å². The van der Waals surface area contributed by atoms with Gasteiger partial charge in [0.15, 0.2) is 0 Å². The number of carbonyl (C=O) groups is 1. The van der Waals surface area contributed by atoms with Gasteiger partial charge in [0.1, 0.15) is 0 Å². The summed E-state index contributed by atoms with van der Waals surface area (Å²) in [6, 6.07) is 15.8. The molecule has 32 heavy (non-hydrogen) atoms. The Balaban J connectivity index is 1.66. The number of hydrogen-bond donors (Lipinski definition) is 1. The van der Waals surface area contributed by atoms with Crippen LogP contribution in [-0.2, 0) is 0 Å². The molecule has 7 heteroatoms. The second-order valence-corrected chi connectivity index (χ2v) is 9.77. The van der Waals surface area contributed by atoms with Gasteiger partial charge in [0, 0.05) is 11.3 Å². The molecular weight excluding hydrogens is 417 g/mol. The number of fused-ring (bicyclic) bond motifs is 1. The van der Waals surface area contributed by atoms with Crippen molar-refractivity contribution in [1.29, 1.82) is 0 Å². The number of alkyl halides is 3. The first-order valence-corrected chi connectivity index (χ1v) is 10.8. The van der Waals surface area contributed by atoms with E-state index in [2.05, 4.69) is 5.10 Å². The van der Waals surface area contributed by atoms with Crippen LogP contribution >= 0.6 is 0 Å². The normalized spacial score (nSPS) is 26.0. The maximum absolute atomic E-state index is 14.2. The Morgan fingerprint density at radius 1 is 1.03 bits per heavy atom. The summed E-state index contributed by atoms with van der Waals surface area (Å²) < 4.78 is 42.7. The quantitative estimate of drug-likeness (QED) is 0.629. The van der Waals surface area contributed by atoms with Gasteiger partial charge >= 0.3 is 6.18 Å². The van der Waals surface area contributed by atoms with Crippen LogP contribution in [0.1, 0.15) is 50.4 Å². The Bertz CT molecular complexity index is 1030. The number of carbonyl (C=O) groups excluding carboxylic acids is 1. The minimum atomic E-state index is -5.04. The van der Waals surface area contributed by atoms with E-state index < -0.39 is 23.7 Å². The minimum absolute atomic E-state index is 0.0134. The molecule has 1 aliphatic carbocycles. The molecule has 170 valence electrons. The lowest BCUT2D eigenvalue weighted by Gasteiger charge is -2.42.